The minimum atomic E-state index is -0.942. The molecule has 0 amide bonds. The van der Waals surface area contributed by atoms with Gasteiger partial charge in [-0.3, -0.25) is 9.59 Å². The molecule has 3 aromatic rings. The van der Waals surface area contributed by atoms with Crippen molar-refractivity contribution in [3.8, 4) is 5.75 Å². The van der Waals surface area contributed by atoms with Gasteiger partial charge in [0.2, 0.25) is 0 Å². The number of aliphatic carboxylic acids is 1. The zero-order valence-corrected chi connectivity index (χ0v) is 13.9. The Kier molecular flexibility index (Phi) is 4.84. The summed E-state index contributed by atoms with van der Waals surface area (Å²) in [6.07, 6.45) is -0.120. The van der Waals surface area contributed by atoms with Crippen molar-refractivity contribution in [3.63, 3.8) is 0 Å². The molecule has 3 rings (SSSR count). The molecule has 0 saturated heterocycles. The lowest BCUT2D eigenvalue weighted by atomic mass is 10.1. The van der Waals surface area contributed by atoms with E-state index in [0.29, 0.717) is 17.9 Å². The SMILES string of the molecule is Cc1ccccc1COc1cccc2ccc(=O)n(CCC(=O)O)c12. The first kappa shape index (κ1) is 16.8. The maximum atomic E-state index is 12.2. The molecule has 0 spiro atoms. The fourth-order valence-corrected chi connectivity index (χ4v) is 2.80. The molecule has 128 valence electrons. The third kappa shape index (κ3) is 3.71. The van der Waals surface area contributed by atoms with E-state index in [2.05, 4.69) is 0 Å². The molecule has 0 aliphatic rings. The van der Waals surface area contributed by atoms with E-state index in [1.807, 2.05) is 43.3 Å². The number of benzene rings is 2. The first-order valence-electron chi connectivity index (χ1n) is 8.08. The molecule has 0 atom stereocenters. The van der Waals surface area contributed by atoms with Crippen molar-refractivity contribution in [2.24, 2.45) is 0 Å². The second kappa shape index (κ2) is 7.21. The quantitative estimate of drug-likeness (QED) is 0.749. The number of fused-ring (bicyclic) bond motifs is 1. The molecule has 2 aromatic carbocycles. The molecule has 1 heterocycles. The zero-order valence-electron chi connectivity index (χ0n) is 13.9. The van der Waals surface area contributed by atoms with E-state index in [1.54, 1.807) is 12.1 Å². The third-order valence-electron chi connectivity index (χ3n) is 4.17. The molecule has 1 aromatic heterocycles. The van der Waals surface area contributed by atoms with Gasteiger partial charge in [-0.2, -0.15) is 0 Å². The Morgan fingerprint density at radius 2 is 1.88 bits per heavy atom. The predicted octanol–water partition coefficient (Wildman–Crippen LogP) is 3.36. The predicted molar refractivity (Wildman–Crippen MR) is 96.0 cm³/mol. The molecule has 0 saturated carbocycles. The van der Waals surface area contributed by atoms with Crippen LogP contribution < -0.4 is 10.3 Å². The Morgan fingerprint density at radius 3 is 2.64 bits per heavy atom. The van der Waals surface area contributed by atoms with Gasteiger partial charge in [0.15, 0.2) is 0 Å². The number of hydrogen-bond acceptors (Lipinski definition) is 3. The highest BCUT2D eigenvalue weighted by Crippen LogP contribution is 2.25. The highest BCUT2D eigenvalue weighted by molar-refractivity contribution is 5.85. The number of nitrogens with zero attached hydrogens (tertiary/aromatic N) is 1. The van der Waals surface area contributed by atoms with Gasteiger partial charge in [0.05, 0.1) is 11.9 Å². The first-order chi connectivity index (χ1) is 12.1. The highest BCUT2D eigenvalue weighted by atomic mass is 16.5. The fraction of sp³-hybridized carbons (Fsp3) is 0.200. The fourth-order valence-electron chi connectivity index (χ4n) is 2.80. The van der Waals surface area contributed by atoms with Gasteiger partial charge in [0.25, 0.3) is 5.56 Å². The van der Waals surface area contributed by atoms with Gasteiger partial charge in [-0.05, 0) is 30.2 Å². The van der Waals surface area contributed by atoms with E-state index < -0.39 is 5.97 Å². The Hall–Kier alpha value is -3.08. The number of aryl methyl sites for hydroxylation is 2. The van der Waals surface area contributed by atoms with E-state index in [4.69, 9.17) is 9.84 Å². The Labute approximate surface area is 145 Å². The lowest BCUT2D eigenvalue weighted by Crippen LogP contribution is -2.21. The van der Waals surface area contributed by atoms with Crippen LogP contribution in [0.1, 0.15) is 17.5 Å². The summed E-state index contributed by atoms with van der Waals surface area (Å²) < 4.78 is 7.45. The van der Waals surface area contributed by atoms with Crippen LogP contribution in [-0.2, 0) is 17.9 Å². The van der Waals surface area contributed by atoms with Crippen LogP contribution in [0.3, 0.4) is 0 Å². The lowest BCUT2D eigenvalue weighted by molar-refractivity contribution is -0.137. The van der Waals surface area contributed by atoms with Crippen molar-refractivity contribution in [2.75, 3.05) is 0 Å². The third-order valence-corrected chi connectivity index (χ3v) is 4.17. The van der Waals surface area contributed by atoms with Crippen LogP contribution in [0.4, 0.5) is 0 Å². The molecule has 0 aliphatic carbocycles. The Balaban J connectivity index is 2.00. The second-order valence-electron chi connectivity index (χ2n) is 5.88. The van der Waals surface area contributed by atoms with Crippen molar-refractivity contribution in [1.29, 1.82) is 0 Å². The molecule has 5 heteroatoms. The van der Waals surface area contributed by atoms with Crippen LogP contribution in [0.2, 0.25) is 0 Å². The summed E-state index contributed by atoms with van der Waals surface area (Å²) in [5, 5.41) is 9.78. The smallest absolute Gasteiger partial charge is 0.305 e. The number of carboxylic acids is 1. The topological polar surface area (TPSA) is 68.5 Å². The molecule has 0 fully saturated rings. The van der Waals surface area contributed by atoms with E-state index >= 15 is 0 Å². The summed E-state index contributed by atoms with van der Waals surface area (Å²) >= 11 is 0. The molecule has 25 heavy (non-hydrogen) atoms. The van der Waals surface area contributed by atoms with Crippen molar-refractivity contribution >= 4 is 16.9 Å². The molecule has 0 unspecified atom stereocenters. The lowest BCUT2D eigenvalue weighted by Gasteiger charge is -2.15. The number of carbonyl (C=O) groups is 1. The van der Waals surface area contributed by atoms with Crippen LogP contribution in [0.25, 0.3) is 10.9 Å². The minimum Gasteiger partial charge on any atom is -0.487 e. The largest absolute Gasteiger partial charge is 0.487 e. The standard InChI is InChI=1S/C20H19NO4/c1-14-5-2-3-6-16(14)13-25-17-8-4-7-15-9-10-18(22)21(20(15)17)12-11-19(23)24/h2-10H,11-13H2,1H3,(H,23,24). The maximum absolute atomic E-state index is 12.2. The molecule has 0 radical (unpaired) electrons. The number of aromatic nitrogens is 1. The second-order valence-corrected chi connectivity index (χ2v) is 5.88. The van der Waals surface area contributed by atoms with Gasteiger partial charge in [0, 0.05) is 18.0 Å². The number of para-hydroxylation sites is 1. The molecular weight excluding hydrogens is 318 g/mol. The van der Waals surface area contributed by atoms with Gasteiger partial charge in [0.1, 0.15) is 12.4 Å². The summed E-state index contributed by atoms with van der Waals surface area (Å²) in [6.45, 7) is 2.51. The Bertz CT molecular complexity index is 975. The normalized spacial score (nSPS) is 10.8. The van der Waals surface area contributed by atoms with Crippen LogP contribution in [0.15, 0.2) is 59.4 Å². The van der Waals surface area contributed by atoms with Crippen molar-refractivity contribution < 1.29 is 14.6 Å². The van der Waals surface area contributed by atoms with Crippen molar-refractivity contribution in [1.82, 2.24) is 4.57 Å². The number of pyridine rings is 1. The van der Waals surface area contributed by atoms with Gasteiger partial charge in [-0.1, -0.05) is 36.4 Å². The first-order valence-corrected chi connectivity index (χ1v) is 8.08. The molecule has 0 aliphatic heterocycles. The number of carboxylic acid groups (broad SMARTS) is 1. The van der Waals surface area contributed by atoms with E-state index in [9.17, 15) is 9.59 Å². The van der Waals surface area contributed by atoms with Crippen molar-refractivity contribution in [3.05, 3.63) is 76.1 Å². The average molecular weight is 337 g/mol. The van der Waals surface area contributed by atoms with Crippen LogP contribution in [0, 0.1) is 6.92 Å². The zero-order chi connectivity index (χ0) is 17.8. The number of rotatable bonds is 6. The number of hydrogen-bond donors (Lipinski definition) is 1. The van der Waals surface area contributed by atoms with Crippen LogP contribution in [-0.4, -0.2) is 15.6 Å². The van der Waals surface area contributed by atoms with Gasteiger partial charge < -0.3 is 14.4 Å². The van der Waals surface area contributed by atoms with Gasteiger partial charge in [-0.25, -0.2) is 0 Å². The minimum absolute atomic E-state index is 0.107. The summed E-state index contributed by atoms with van der Waals surface area (Å²) in [4.78, 5) is 23.1. The summed E-state index contributed by atoms with van der Waals surface area (Å²) in [7, 11) is 0. The summed E-state index contributed by atoms with van der Waals surface area (Å²) in [5.41, 5.74) is 2.59. The summed E-state index contributed by atoms with van der Waals surface area (Å²) in [5.74, 6) is -0.369. The van der Waals surface area contributed by atoms with E-state index in [-0.39, 0.29) is 18.5 Å². The van der Waals surface area contributed by atoms with Gasteiger partial charge in [-0.15, -0.1) is 0 Å². The van der Waals surface area contributed by atoms with Crippen LogP contribution >= 0.6 is 0 Å². The molecule has 5 nitrogen and oxygen atoms in total. The maximum Gasteiger partial charge on any atom is 0.305 e. The summed E-state index contributed by atoms with van der Waals surface area (Å²) in [6, 6.07) is 16.7. The molecule has 0 bridgehead atoms. The average Bonchev–Trinajstić information content (AvgIpc) is 2.60. The highest BCUT2D eigenvalue weighted by Gasteiger charge is 2.11. The van der Waals surface area contributed by atoms with Crippen LogP contribution in [0.5, 0.6) is 5.75 Å². The molecular formula is C20H19NO4. The van der Waals surface area contributed by atoms with E-state index in [0.717, 1.165) is 16.5 Å². The van der Waals surface area contributed by atoms with E-state index in [1.165, 1.54) is 10.6 Å². The monoisotopic (exact) mass is 337 g/mol. The number of ether oxygens (including phenoxy) is 1. The van der Waals surface area contributed by atoms with Gasteiger partial charge >= 0.3 is 5.97 Å². The molecule has 1 N–H and O–H groups in total. The van der Waals surface area contributed by atoms with Crippen molar-refractivity contribution in [2.45, 2.75) is 26.5 Å². The Morgan fingerprint density at radius 1 is 1.08 bits per heavy atom.